The summed E-state index contributed by atoms with van der Waals surface area (Å²) in [5.74, 6) is 0.690. The molecule has 1 aromatic rings. The van der Waals surface area contributed by atoms with Crippen molar-refractivity contribution >= 4 is 17.5 Å². The van der Waals surface area contributed by atoms with Gasteiger partial charge in [0.05, 0.1) is 5.38 Å². The van der Waals surface area contributed by atoms with Gasteiger partial charge in [0.15, 0.2) is 0 Å². The summed E-state index contributed by atoms with van der Waals surface area (Å²) in [6, 6.07) is 2.13. The number of alkyl halides is 1. The van der Waals surface area contributed by atoms with Crippen molar-refractivity contribution in [3.63, 3.8) is 0 Å². The second-order valence-electron chi connectivity index (χ2n) is 3.98. The molecule has 2 rings (SSSR count). The van der Waals surface area contributed by atoms with Crippen molar-refractivity contribution in [1.29, 1.82) is 0 Å². The highest BCUT2D eigenvalue weighted by molar-refractivity contribution is 6.21. The Balaban J connectivity index is 1.97. The van der Waals surface area contributed by atoms with E-state index in [2.05, 4.69) is 15.3 Å². The SMILES string of the molecule is ClC1CCCCCC1Nc1ncccn1. The molecule has 1 heterocycles. The topological polar surface area (TPSA) is 37.8 Å². The van der Waals surface area contributed by atoms with Crippen LogP contribution < -0.4 is 5.32 Å². The normalized spacial score (nSPS) is 27.0. The number of anilines is 1. The number of rotatable bonds is 2. The van der Waals surface area contributed by atoms with Crippen LogP contribution in [0.4, 0.5) is 5.95 Å². The number of hydrogen-bond acceptors (Lipinski definition) is 3. The molecule has 3 nitrogen and oxygen atoms in total. The molecule has 0 saturated heterocycles. The van der Waals surface area contributed by atoms with E-state index < -0.39 is 0 Å². The number of halogens is 1. The van der Waals surface area contributed by atoms with Gasteiger partial charge in [0.1, 0.15) is 0 Å². The van der Waals surface area contributed by atoms with Crippen LogP contribution in [0.2, 0.25) is 0 Å². The molecule has 0 bridgehead atoms. The Hall–Kier alpha value is -0.830. The summed E-state index contributed by atoms with van der Waals surface area (Å²) in [4.78, 5) is 8.31. The van der Waals surface area contributed by atoms with Crippen molar-refractivity contribution in [2.24, 2.45) is 0 Å². The molecule has 15 heavy (non-hydrogen) atoms. The van der Waals surface area contributed by atoms with Crippen LogP contribution in [-0.2, 0) is 0 Å². The molecule has 4 heteroatoms. The van der Waals surface area contributed by atoms with Crippen LogP contribution in [-0.4, -0.2) is 21.4 Å². The minimum absolute atomic E-state index is 0.205. The first kappa shape index (κ1) is 10.7. The third-order valence-electron chi connectivity index (χ3n) is 2.81. The van der Waals surface area contributed by atoms with Crippen molar-refractivity contribution in [2.45, 2.75) is 43.5 Å². The summed E-state index contributed by atoms with van der Waals surface area (Å²) < 4.78 is 0. The van der Waals surface area contributed by atoms with Gasteiger partial charge in [0.25, 0.3) is 0 Å². The van der Waals surface area contributed by atoms with E-state index >= 15 is 0 Å². The summed E-state index contributed by atoms with van der Waals surface area (Å²) in [5.41, 5.74) is 0. The summed E-state index contributed by atoms with van der Waals surface area (Å²) >= 11 is 6.32. The molecule has 1 aliphatic rings. The van der Waals surface area contributed by atoms with E-state index in [-0.39, 0.29) is 5.38 Å². The van der Waals surface area contributed by atoms with E-state index in [1.165, 1.54) is 19.3 Å². The molecule has 1 fully saturated rings. The minimum atomic E-state index is 0.205. The highest BCUT2D eigenvalue weighted by Gasteiger charge is 2.21. The van der Waals surface area contributed by atoms with Crippen LogP contribution in [0.5, 0.6) is 0 Å². The monoisotopic (exact) mass is 225 g/mol. The molecule has 0 spiro atoms. The zero-order valence-electron chi connectivity index (χ0n) is 8.69. The molecule has 0 amide bonds. The fourth-order valence-electron chi connectivity index (χ4n) is 1.96. The number of nitrogens with zero attached hydrogens (tertiary/aromatic N) is 2. The lowest BCUT2D eigenvalue weighted by Gasteiger charge is -2.20. The maximum atomic E-state index is 6.32. The molecule has 1 aliphatic carbocycles. The van der Waals surface area contributed by atoms with Crippen LogP contribution in [0.25, 0.3) is 0 Å². The van der Waals surface area contributed by atoms with Gasteiger partial charge in [-0.3, -0.25) is 0 Å². The first-order chi connectivity index (χ1) is 7.36. The molecular weight excluding hydrogens is 210 g/mol. The molecule has 2 unspecified atom stereocenters. The third-order valence-corrected chi connectivity index (χ3v) is 3.33. The zero-order valence-corrected chi connectivity index (χ0v) is 9.45. The predicted molar refractivity (Wildman–Crippen MR) is 62.2 cm³/mol. The smallest absolute Gasteiger partial charge is 0.222 e. The molecular formula is C11H16ClN3. The molecule has 1 aromatic heterocycles. The van der Waals surface area contributed by atoms with Gasteiger partial charge in [-0.15, -0.1) is 11.6 Å². The Labute approximate surface area is 95.3 Å². The number of hydrogen-bond donors (Lipinski definition) is 1. The van der Waals surface area contributed by atoms with Crippen molar-refractivity contribution in [3.8, 4) is 0 Å². The number of nitrogens with one attached hydrogen (secondary N) is 1. The standard InChI is InChI=1S/C11H16ClN3/c12-9-5-2-1-3-6-10(9)15-11-13-7-4-8-14-11/h4,7-10H,1-3,5-6H2,(H,13,14,15). The number of aromatic nitrogens is 2. The average Bonchev–Trinajstić information content (AvgIpc) is 2.46. The quantitative estimate of drug-likeness (QED) is 0.621. The van der Waals surface area contributed by atoms with Gasteiger partial charge in [0, 0.05) is 18.4 Å². The van der Waals surface area contributed by atoms with Crippen LogP contribution in [0.3, 0.4) is 0 Å². The Morgan fingerprint density at radius 1 is 1.13 bits per heavy atom. The fraction of sp³-hybridized carbons (Fsp3) is 0.636. The molecule has 1 N–H and O–H groups in total. The van der Waals surface area contributed by atoms with Crippen LogP contribution >= 0.6 is 11.6 Å². The highest BCUT2D eigenvalue weighted by Crippen LogP contribution is 2.24. The maximum absolute atomic E-state index is 6.32. The predicted octanol–water partition coefficient (Wildman–Crippen LogP) is 2.83. The summed E-state index contributed by atoms with van der Waals surface area (Å²) in [6.07, 6.45) is 9.47. The second-order valence-corrected chi connectivity index (χ2v) is 4.54. The molecule has 1 saturated carbocycles. The van der Waals surface area contributed by atoms with Gasteiger partial charge in [-0.1, -0.05) is 19.3 Å². The van der Waals surface area contributed by atoms with Crippen LogP contribution in [0.15, 0.2) is 18.5 Å². The maximum Gasteiger partial charge on any atom is 0.222 e. The van der Waals surface area contributed by atoms with Crippen molar-refractivity contribution in [2.75, 3.05) is 5.32 Å². The van der Waals surface area contributed by atoms with Gasteiger partial charge >= 0.3 is 0 Å². The van der Waals surface area contributed by atoms with E-state index in [1.54, 1.807) is 12.4 Å². The first-order valence-corrected chi connectivity index (χ1v) is 5.97. The Morgan fingerprint density at radius 3 is 2.67 bits per heavy atom. The van der Waals surface area contributed by atoms with E-state index in [1.807, 2.05) is 6.07 Å². The van der Waals surface area contributed by atoms with Gasteiger partial charge in [0.2, 0.25) is 5.95 Å². The lowest BCUT2D eigenvalue weighted by Crippen LogP contribution is -2.29. The molecule has 82 valence electrons. The van der Waals surface area contributed by atoms with Gasteiger partial charge < -0.3 is 5.32 Å². The first-order valence-electron chi connectivity index (χ1n) is 5.54. The van der Waals surface area contributed by atoms with E-state index in [4.69, 9.17) is 11.6 Å². The summed E-state index contributed by atoms with van der Waals surface area (Å²) in [7, 11) is 0. The zero-order chi connectivity index (χ0) is 10.5. The Kier molecular flexibility index (Phi) is 3.78. The van der Waals surface area contributed by atoms with E-state index in [0.29, 0.717) is 12.0 Å². The third kappa shape index (κ3) is 3.06. The van der Waals surface area contributed by atoms with Crippen molar-refractivity contribution in [3.05, 3.63) is 18.5 Å². The summed E-state index contributed by atoms with van der Waals surface area (Å²) in [5, 5.41) is 3.52. The molecule has 0 aromatic carbocycles. The molecule has 2 atom stereocenters. The molecule has 0 aliphatic heterocycles. The van der Waals surface area contributed by atoms with Gasteiger partial charge in [-0.2, -0.15) is 0 Å². The van der Waals surface area contributed by atoms with E-state index in [9.17, 15) is 0 Å². The molecule has 0 radical (unpaired) electrons. The van der Waals surface area contributed by atoms with Crippen LogP contribution in [0, 0.1) is 0 Å². The highest BCUT2D eigenvalue weighted by atomic mass is 35.5. The van der Waals surface area contributed by atoms with Crippen molar-refractivity contribution in [1.82, 2.24) is 9.97 Å². The lowest BCUT2D eigenvalue weighted by molar-refractivity contribution is 0.622. The average molecular weight is 226 g/mol. The van der Waals surface area contributed by atoms with Gasteiger partial charge in [-0.25, -0.2) is 9.97 Å². The fourth-order valence-corrected chi connectivity index (χ4v) is 2.31. The van der Waals surface area contributed by atoms with Crippen molar-refractivity contribution < 1.29 is 0 Å². The second kappa shape index (κ2) is 5.31. The van der Waals surface area contributed by atoms with E-state index in [0.717, 1.165) is 12.8 Å². The largest absolute Gasteiger partial charge is 0.350 e. The van der Waals surface area contributed by atoms with Gasteiger partial charge in [-0.05, 0) is 18.9 Å². The Morgan fingerprint density at radius 2 is 1.87 bits per heavy atom. The van der Waals surface area contributed by atoms with Crippen LogP contribution in [0.1, 0.15) is 32.1 Å². The minimum Gasteiger partial charge on any atom is -0.350 e. The Bertz CT molecular complexity index is 291. The summed E-state index contributed by atoms with van der Waals surface area (Å²) in [6.45, 7) is 0. The lowest BCUT2D eigenvalue weighted by atomic mass is 10.1.